The molecule has 26 heteroatoms. The highest BCUT2D eigenvalue weighted by molar-refractivity contribution is 6.16. The number of nitrogens with zero attached hydrogens (tertiary/aromatic N) is 12. The van der Waals surface area contributed by atoms with E-state index in [4.69, 9.17) is 15.0 Å². The minimum Gasteiger partial charge on any atom is -0.354 e. The number of rotatable bonds is 26. The van der Waals surface area contributed by atoms with Gasteiger partial charge in [-0.15, -0.1) is 0 Å². The van der Waals surface area contributed by atoms with Gasteiger partial charge in [0, 0.05) is 225 Å². The molecule has 1 saturated carbocycles. The number of nitrogens with one attached hydrogen (secondary N) is 6. The molecule has 4 amide bonds. The number of ketones is 1. The van der Waals surface area contributed by atoms with Crippen molar-refractivity contribution in [3.05, 3.63) is 253 Å². The van der Waals surface area contributed by atoms with E-state index in [2.05, 4.69) is 175 Å². The maximum absolute atomic E-state index is 14.3. The molecule has 0 unspecified atom stereocenters. The van der Waals surface area contributed by atoms with E-state index < -0.39 is 0 Å². The van der Waals surface area contributed by atoms with Crippen molar-refractivity contribution in [1.29, 1.82) is 0 Å². The number of hydrogen-bond donors (Lipinski definition) is 6. The van der Waals surface area contributed by atoms with Crippen molar-refractivity contribution in [3.8, 4) is 33.4 Å². The second-order valence-corrected chi connectivity index (χ2v) is 35.4. The summed E-state index contributed by atoms with van der Waals surface area (Å²) in [7, 11) is 6.41. The number of aromatic amines is 2. The first-order valence-electron chi connectivity index (χ1n) is 45.8. The maximum atomic E-state index is 14.3. The first-order chi connectivity index (χ1) is 62.3. The summed E-state index contributed by atoms with van der Waals surface area (Å²) in [5.41, 5.74) is 17.0. The molecule has 674 valence electrons. The van der Waals surface area contributed by atoms with E-state index in [1.165, 1.54) is 23.1 Å². The zero-order valence-corrected chi connectivity index (χ0v) is 76.7. The lowest BCUT2D eigenvalue weighted by atomic mass is 9.88. The van der Waals surface area contributed by atoms with E-state index in [1.54, 1.807) is 18.3 Å². The van der Waals surface area contributed by atoms with Gasteiger partial charge in [-0.25, -0.2) is 15.0 Å². The molecule has 11 aromatic rings. The van der Waals surface area contributed by atoms with Crippen molar-refractivity contribution in [2.24, 2.45) is 0 Å². The molecule has 3 saturated heterocycles. The lowest BCUT2D eigenvalue weighted by Crippen LogP contribution is -2.44. The molecule has 4 fully saturated rings. The summed E-state index contributed by atoms with van der Waals surface area (Å²) >= 11 is 0. The number of pyridine rings is 5. The fourth-order valence-corrected chi connectivity index (χ4v) is 18.4. The number of piperazine rings is 3. The Balaban J connectivity index is 0.000000157. The second-order valence-electron chi connectivity index (χ2n) is 35.4. The molecule has 0 radical (unpaired) electrons. The Morgan fingerprint density at radius 1 is 0.504 bits per heavy atom. The van der Waals surface area contributed by atoms with E-state index >= 15 is 0 Å². The number of allylic oxidation sites excluding steroid dienone is 4. The number of amides is 4. The largest absolute Gasteiger partial charge is 0.354 e. The first-order valence-corrected chi connectivity index (χ1v) is 45.8. The number of carbonyl (C=O) groups is 6. The number of benzene rings is 3. The van der Waals surface area contributed by atoms with Crippen LogP contribution < -0.4 is 47.1 Å². The lowest BCUT2D eigenvalue weighted by molar-refractivity contribution is -0.112. The van der Waals surface area contributed by atoms with Crippen LogP contribution >= 0.6 is 0 Å². The first kappa shape index (κ1) is 92.3. The van der Waals surface area contributed by atoms with E-state index in [0.717, 1.165) is 256 Å². The van der Waals surface area contributed by atoms with Gasteiger partial charge in [0.05, 0.1) is 22.3 Å². The average molecular weight is 1740 g/mol. The number of aromatic nitrogens is 8. The molecule has 0 atom stereocenters. The third-order valence-corrected chi connectivity index (χ3v) is 25.6. The SMILES string of the molecule is C=CC(=O)Nc1cn(C2CCCCC2)c2cc(-c3ccc(N4CCN(C)CC4)nc3)cc(C(=O)NCc3c(CCC)cc(C)[nH]c3=O)c12.C=CC(=O)n1ccc2c(C(=O)NCc3c(CCC)cc(C)[nH]c3=O)cc(-c3ccc(N4CCN(C)CC4)nc3)cc21.CCCC1=C(CNC(=O)c2cc(-c3ccc(N4CCN(C)CC4)nc3)cc3c2ccn3C(C)C)C(=O)C=C(C)C1. The zero-order chi connectivity index (χ0) is 91.3. The van der Waals surface area contributed by atoms with Crippen molar-refractivity contribution in [2.45, 2.75) is 158 Å². The zero-order valence-electron chi connectivity index (χ0n) is 76.7. The molecule has 6 N–H and O–H groups in total. The molecule has 3 aliphatic heterocycles. The Morgan fingerprint density at radius 2 is 0.946 bits per heavy atom. The van der Waals surface area contributed by atoms with Gasteiger partial charge in [0.25, 0.3) is 34.7 Å². The van der Waals surface area contributed by atoms with Crippen molar-refractivity contribution >= 4 is 91.2 Å². The van der Waals surface area contributed by atoms with Gasteiger partial charge in [0.2, 0.25) is 5.91 Å². The van der Waals surface area contributed by atoms with Gasteiger partial charge in [-0.3, -0.25) is 42.9 Å². The van der Waals surface area contributed by atoms with Crippen LogP contribution in [0.25, 0.3) is 66.1 Å². The number of anilines is 4. The predicted octanol–water partition coefficient (Wildman–Crippen LogP) is 15.9. The Morgan fingerprint density at radius 3 is 1.40 bits per heavy atom. The molecule has 5 aliphatic rings. The van der Waals surface area contributed by atoms with Crippen LogP contribution in [0.3, 0.4) is 0 Å². The van der Waals surface area contributed by atoms with Crippen molar-refractivity contribution < 1.29 is 28.8 Å². The lowest BCUT2D eigenvalue weighted by Gasteiger charge is -2.33. The van der Waals surface area contributed by atoms with Crippen molar-refractivity contribution in [1.82, 2.24) is 69.3 Å². The minimum absolute atomic E-state index is 0.0175. The second kappa shape index (κ2) is 41.9. The molecular weight excluding hydrogens is 1620 g/mol. The number of fused-ring (bicyclic) bond motifs is 3. The molecule has 8 aromatic heterocycles. The molecule has 0 spiro atoms. The normalized spacial score (nSPS) is 15.5. The molecule has 2 aliphatic carbocycles. The molecule has 16 rings (SSSR count). The molecule has 3 aromatic carbocycles. The third-order valence-electron chi connectivity index (χ3n) is 25.6. The Kier molecular flexibility index (Phi) is 30.0. The molecule has 129 heavy (non-hydrogen) atoms. The highest BCUT2D eigenvalue weighted by atomic mass is 16.2. The van der Waals surface area contributed by atoms with Crippen LogP contribution in [-0.2, 0) is 35.5 Å². The van der Waals surface area contributed by atoms with E-state index in [9.17, 15) is 38.4 Å². The summed E-state index contributed by atoms with van der Waals surface area (Å²) in [4.78, 5) is 139. The summed E-state index contributed by atoms with van der Waals surface area (Å²) in [5, 5.41) is 14.3. The summed E-state index contributed by atoms with van der Waals surface area (Å²) in [6.07, 6.45) is 26.9. The third kappa shape index (κ3) is 21.6. The molecule has 26 nitrogen and oxygen atoms in total. The predicted molar refractivity (Wildman–Crippen MR) is 518 cm³/mol. The highest BCUT2D eigenvalue weighted by Gasteiger charge is 2.29. The Hall–Kier alpha value is -12.9. The van der Waals surface area contributed by atoms with Gasteiger partial charge < -0.3 is 69.8 Å². The summed E-state index contributed by atoms with van der Waals surface area (Å²) in [5.74, 6) is 1.41. The quantitative estimate of drug-likeness (QED) is 0.0275. The Bertz CT molecular complexity index is 6170. The number of likely N-dealkylation sites (N-methyl/N-ethyl adjacent to an activating group) is 3. The fraction of sp³-hybridized carbons (Fsp3) is 0.388. The van der Waals surface area contributed by atoms with Crippen molar-refractivity contribution in [3.63, 3.8) is 0 Å². The molecule has 0 bridgehead atoms. The van der Waals surface area contributed by atoms with Gasteiger partial charge in [-0.1, -0.05) is 83.6 Å². The van der Waals surface area contributed by atoms with Gasteiger partial charge in [0.15, 0.2) is 5.78 Å². The number of hydrogen-bond acceptors (Lipinski definition) is 17. The van der Waals surface area contributed by atoms with Gasteiger partial charge in [-0.05, 0) is 237 Å². The van der Waals surface area contributed by atoms with Crippen LogP contribution in [0.15, 0.2) is 192 Å². The number of aryl methyl sites for hydroxylation is 4. The van der Waals surface area contributed by atoms with Crippen LogP contribution in [0.1, 0.15) is 187 Å². The average Bonchev–Trinajstić information content (AvgIpc) is 1.61. The van der Waals surface area contributed by atoms with E-state index in [1.807, 2.05) is 106 Å². The standard InChI is InChI=1S/C38H47N7O3.C33H41N5O2.C32H36N6O3/c1-5-10-26-19-25(3)41-38(48)31(26)23-40-37(47)30-20-28(27-13-14-34(39-22-27)44-17-15-43(4)16-18-44)21-33-36(30)32(42-35(46)6-2)24-45(33)29-11-8-7-9-12-29;1-6-7-24-16-23(4)17-31(39)29(24)21-35-33(40)28-18-26(19-30-27(28)10-11-38(30)22(2)3)25-8-9-32(34-20-25)37-14-12-36(5)13-15-37;1-5-7-22-16-21(3)35-32(41)27(22)20-34-31(40)26-17-24(18-28-25(26)10-11-38(28)30(39)6-2)23-8-9-29(33-19-23)37-14-12-36(4)13-15-37/h6,13-14,19-22,24,29H,2,5,7-12,15-18,23H2,1,3-4H3,(H,40,47)(H,41,48)(H,42,46);8-11,17-20,22H,6-7,12-16,21H2,1-5H3,(H,35,40);6,8-11,16-19H,2,5,7,12-15,20H2,1,3-4H3,(H,34,40)(H,35,41). The summed E-state index contributed by atoms with van der Waals surface area (Å²) in [6, 6.07) is 32.3. The topological polar surface area (TPSA) is 289 Å². The number of carbonyl (C=O) groups excluding carboxylic acids is 6. The number of H-pyrrole nitrogens is 2. The fourth-order valence-electron chi connectivity index (χ4n) is 18.4. The smallest absolute Gasteiger partial charge is 0.254 e. The van der Waals surface area contributed by atoms with Gasteiger partial charge in [-0.2, -0.15) is 0 Å². The van der Waals surface area contributed by atoms with E-state index in [-0.39, 0.29) is 78.2 Å². The van der Waals surface area contributed by atoms with Gasteiger partial charge in [0.1, 0.15) is 17.5 Å². The van der Waals surface area contributed by atoms with Crippen LogP contribution in [-0.4, -0.2) is 195 Å². The van der Waals surface area contributed by atoms with E-state index in [0.29, 0.717) is 49.8 Å². The van der Waals surface area contributed by atoms with Crippen molar-refractivity contribution in [2.75, 3.05) is 126 Å². The van der Waals surface area contributed by atoms with Crippen LogP contribution in [0.5, 0.6) is 0 Å². The van der Waals surface area contributed by atoms with Crippen LogP contribution in [0, 0.1) is 13.8 Å². The van der Waals surface area contributed by atoms with Gasteiger partial charge >= 0.3 is 0 Å². The minimum atomic E-state index is -0.341. The molecular formula is C103H124N18O8. The monoisotopic (exact) mass is 1740 g/mol. The molecule has 11 heterocycles. The highest BCUT2D eigenvalue weighted by Crippen LogP contribution is 2.41. The Labute approximate surface area is 755 Å². The summed E-state index contributed by atoms with van der Waals surface area (Å²) < 4.78 is 5.92. The van der Waals surface area contributed by atoms with Crippen LogP contribution in [0.2, 0.25) is 0 Å². The summed E-state index contributed by atoms with van der Waals surface area (Å²) in [6.45, 7) is 35.6. The maximum Gasteiger partial charge on any atom is 0.254 e. The van der Waals surface area contributed by atoms with Crippen LogP contribution in [0.4, 0.5) is 23.1 Å².